The molecule has 1 fully saturated rings. The number of thioether (sulfide) groups is 1. The van der Waals surface area contributed by atoms with Crippen LogP contribution >= 0.6 is 11.8 Å². The predicted molar refractivity (Wildman–Crippen MR) is 70.8 cm³/mol. The molecule has 0 saturated carbocycles. The van der Waals surface area contributed by atoms with Gasteiger partial charge in [0.15, 0.2) is 0 Å². The molecule has 0 bridgehead atoms. The monoisotopic (exact) mass is 242 g/mol. The Morgan fingerprint density at radius 3 is 3.19 bits per heavy atom. The smallest absolute Gasteiger partial charge is 0.222 e. The number of amides is 1. The molecule has 1 heterocycles. The minimum absolute atomic E-state index is 0.336. The molecule has 0 aromatic carbocycles. The number of nitrogens with one attached hydrogen (secondary N) is 1. The molecule has 1 unspecified atom stereocenters. The van der Waals surface area contributed by atoms with Crippen molar-refractivity contribution in [1.29, 1.82) is 0 Å². The summed E-state index contributed by atoms with van der Waals surface area (Å²) in [5.41, 5.74) is 0. The molecule has 4 heteroatoms. The van der Waals surface area contributed by atoms with Crippen molar-refractivity contribution in [2.45, 2.75) is 25.3 Å². The molecule has 0 aromatic rings. The van der Waals surface area contributed by atoms with E-state index in [4.69, 9.17) is 0 Å². The third kappa shape index (κ3) is 4.18. The molecule has 92 valence electrons. The summed E-state index contributed by atoms with van der Waals surface area (Å²) >= 11 is 1.80. The zero-order valence-corrected chi connectivity index (χ0v) is 10.9. The van der Waals surface area contributed by atoms with E-state index in [0.29, 0.717) is 11.9 Å². The van der Waals surface area contributed by atoms with Crippen molar-refractivity contribution in [3.8, 4) is 0 Å². The highest BCUT2D eigenvalue weighted by atomic mass is 32.2. The molecule has 1 rings (SSSR count). The second-order valence-electron chi connectivity index (χ2n) is 4.05. The molecule has 0 radical (unpaired) electrons. The molecule has 16 heavy (non-hydrogen) atoms. The Hall–Kier alpha value is -0.480. The van der Waals surface area contributed by atoms with Crippen LogP contribution < -0.4 is 5.32 Å². The van der Waals surface area contributed by atoms with E-state index in [1.165, 1.54) is 0 Å². The number of carbonyl (C=O) groups excluding carboxylic acids is 1. The van der Waals surface area contributed by atoms with Crippen LogP contribution in [0.25, 0.3) is 0 Å². The van der Waals surface area contributed by atoms with E-state index in [9.17, 15) is 4.79 Å². The molecular weight excluding hydrogens is 220 g/mol. The number of nitrogens with zero attached hydrogens (tertiary/aromatic N) is 1. The molecule has 0 aromatic heterocycles. The molecule has 0 spiro atoms. The summed E-state index contributed by atoms with van der Waals surface area (Å²) in [6.45, 7) is 6.40. The Morgan fingerprint density at radius 1 is 1.69 bits per heavy atom. The maximum Gasteiger partial charge on any atom is 0.222 e. The van der Waals surface area contributed by atoms with Gasteiger partial charge in [-0.1, -0.05) is 6.08 Å². The number of hydrogen-bond donors (Lipinski definition) is 1. The lowest BCUT2D eigenvalue weighted by atomic mass is 10.1. The van der Waals surface area contributed by atoms with Gasteiger partial charge in [-0.15, -0.1) is 6.58 Å². The van der Waals surface area contributed by atoms with Gasteiger partial charge in [0, 0.05) is 31.3 Å². The first-order valence-electron chi connectivity index (χ1n) is 5.89. The van der Waals surface area contributed by atoms with E-state index in [0.717, 1.165) is 44.6 Å². The van der Waals surface area contributed by atoms with Gasteiger partial charge in [-0.2, -0.15) is 11.8 Å². The second kappa shape index (κ2) is 7.74. The van der Waals surface area contributed by atoms with E-state index in [2.05, 4.69) is 23.1 Å². The molecule has 1 N–H and O–H groups in total. The third-order valence-corrected chi connectivity index (χ3v) is 3.52. The van der Waals surface area contributed by atoms with Crippen molar-refractivity contribution in [2.75, 3.05) is 31.6 Å². The Labute approximate surface area is 103 Å². The van der Waals surface area contributed by atoms with E-state index < -0.39 is 0 Å². The zero-order valence-electron chi connectivity index (χ0n) is 10.1. The largest absolute Gasteiger partial charge is 0.339 e. The van der Waals surface area contributed by atoms with Crippen LogP contribution in [-0.2, 0) is 4.79 Å². The van der Waals surface area contributed by atoms with Crippen LogP contribution in [0.2, 0.25) is 0 Å². The Kier molecular flexibility index (Phi) is 6.57. The van der Waals surface area contributed by atoms with Gasteiger partial charge in [0.05, 0.1) is 0 Å². The lowest BCUT2D eigenvalue weighted by Gasteiger charge is -2.24. The van der Waals surface area contributed by atoms with Crippen LogP contribution in [0.4, 0.5) is 0 Å². The third-order valence-electron chi connectivity index (χ3n) is 2.93. The van der Waals surface area contributed by atoms with E-state index in [1.807, 2.05) is 6.08 Å². The fourth-order valence-electron chi connectivity index (χ4n) is 2.06. The van der Waals surface area contributed by atoms with Gasteiger partial charge in [0.2, 0.25) is 5.91 Å². The minimum atomic E-state index is 0.336. The number of carbonyl (C=O) groups is 1. The first-order chi connectivity index (χ1) is 7.79. The van der Waals surface area contributed by atoms with Gasteiger partial charge in [0.25, 0.3) is 0 Å². The van der Waals surface area contributed by atoms with Gasteiger partial charge in [-0.25, -0.2) is 0 Å². The minimum Gasteiger partial charge on any atom is -0.339 e. The Bertz CT molecular complexity index is 233. The van der Waals surface area contributed by atoms with Crippen molar-refractivity contribution in [3.05, 3.63) is 12.7 Å². The van der Waals surface area contributed by atoms with Crippen LogP contribution in [0.5, 0.6) is 0 Å². The van der Waals surface area contributed by atoms with Crippen molar-refractivity contribution in [1.82, 2.24) is 10.2 Å². The summed E-state index contributed by atoms with van der Waals surface area (Å²) in [6.07, 6.45) is 6.78. The fraction of sp³-hybridized carbons (Fsp3) is 0.750. The number of rotatable bonds is 8. The molecule has 1 amide bonds. The lowest BCUT2D eigenvalue weighted by Crippen LogP contribution is -2.36. The highest BCUT2D eigenvalue weighted by molar-refractivity contribution is 7.98. The topological polar surface area (TPSA) is 32.3 Å². The predicted octanol–water partition coefficient (Wildman–Crippen LogP) is 1.51. The van der Waals surface area contributed by atoms with Gasteiger partial charge in [0.1, 0.15) is 0 Å². The molecule has 1 saturated heterocycles. The van der Waals surface area contributed by atoms with Crippen molar-refractivity contribution < 1.29 is 4.79 Å². The first-order valence-corrected chi connectivity index (χ1v) is 7.29. The quantitative estimate of drug-likeness (QED) is 0.517. The van der Waals surface area contributed by atoms with E-state index in [-0.39, 0.29) is 0 Å². The van der Waals surface area contributed by atoms with Gasteiger partial charge in [-0.05, 0) is 25.6 Å². The van der Waals surface area contributed by atoms with Crippen LogP contribution in [0.15, 0.2) is 12.7 Å². The number of likely N-dealkylation sites (tertiary alicyclic amines) is 1. The molecular formula is C12H22N2OS. The lowest BCUT2D eigenvalue weighted by molar-refractivity contribution is -0.128. The first kappa shape index (κ1) is 13.6. The average molecular weight is 242 g/mol. The zero-order chi connectivity index (χ0) is 11.8. The molecule has 3 nitrogen and oxygen atoms in total. The highest BCUT2D eigenvalue weighted by Gasteiger charge is 2.29. The van der Waals surface area contributed by atoms with Crippen LogP contribution in [-0.4, -0.2) is 48.5 Å². The van der Waals surface area contributed by atoms with Crippen LogP contribution in [0.1, 0.15) is 19.3 Å². The summed E-state index contributed by atoms with van der Waals surface area (Å²) in [6, 6.07) is 0.456. The van der Waals surface area contributed by atoms with E-state index >= 15 is 0 Å². The molecule has 1 atom stereocenters. The Morgan fingerprint density at radius 2 is 2.50 bits per heavy atom. The molecule has 1 aliphatic rings. The Balaban J connectivity index is 2.27. The standard InChI is InChI=1S/C12H22N2OS/c1-3-7-13-8-6-11-4-5-12(15)14(11)9-10-16-2/h3,11,13H,1,4-10H2,2H3. The fourth-order valence-corrected chi connectivity index (χ4v) is 2.44. The van der Waals surface area contributed by atoms with Gasteiger partial charge < -0.3 is 10.2 Å². The van der Waals surface area contributed by atoms with Crippen molar-refractivity contribution >= 4 is 17.7 Å². The van der Waals surface area contributed by atoms with E-state index in [1.54, 1.807) is 11.8 Å². The highest BCUT2D eigenvalue weighted by Crippen LogP contribution is 2.21. The summed E-state index contributed by atoms with van der Waals surface area (Å²) in [7, 11) is 0. The summed E-state index contributed by atoms with van der Waals surface area (Å²) in [4.78, 5) is 13.7. The normalized spacial score (nSPS) is 20.4. The van der Waals surface area contributed by atoms with Crippen LogP contribution in [0.3, 0.4) is 0 Å². The maximum absolute atomic E-state index is 11.7. The summed E-state index contributed by atoms with van der Waals surface area (Å²) in [5.74, 6) is 1.38. The summed E-state index contributed by atoms with van der Waals surface area (Å²) < 4.78 is 0. The van der Waals surface area contributed by atoms with Gasteiger partial charge in [-0.3, -0.25) is 4.79 Å². The molecule has 1 aliphatic heterocycles. The number of hydrogen-bond acceptors (Lipinski definition) is 3. The van der Waals surface area contributed by atoms with Crippen LogP contribution in [0, 0.1) is 0 Å². The SMILES string of the molecule is C=CCNCCC1CCC(=O)N1CCSC. The molecule has 0 aliphatic carbocycles. The van der Waals surface area contributed by atoms with Gasteiger partial charge >= 0.3 is 0 Å². The van der Waals surface area contributed by atoms with Crippen molar-refractivity contribution in [3.63, 3.8) is 0 Å². The maximum atomic E-state index is 11.7. The van der Waals surface area contributed by atoms with Crippen molar-refractivity contribution in [2.24, 2.45) is 0 Å². The second-order valence-corrected chi connectivity index (χ2v) is 5.04. The average Bonchev–Trinajstić information content (AvgIpc) is 2.63. The summed E-state index contributed by atoms with van der Waals surface area (Å²) in [5, 5.41) is 3.29.